The molecule has 0 saturated carbocycles. The van der Waals surface area contributed by atoms with Gasteiger partial charge in [0.2, 0.25) is 0 Å². The van der Waals surface area contributed by atoms with Crippen LogP contribution in [0.4, 0.5) is 0 Å². The maximum atomic E-state index is 8.59. The van der Waals surface area contributed by atoms with Crippen molar-refractivity contribution in [2.45, 2.75) is 32.7 Å². The summed E-state index contributed by atoms with van der Waals surface area (Å²) < 4.78 is 0. The van der Waals surface area contributed by atoms with Crippen molar-refractivity contribution in [2.75, 3.05) is 18.1 Å². The minimum atomic E-state index is 0.173. The molecule has 74 valence electrons. The van der Waals surface area contributed by atoms with Gasteiger partial charge in [0.15, 0.2) is 0 Å². The molecule has 0 rings (SSSR count). The minimum absolute atomic E-state index is 0.173. The Kier molecular flexibility index (Phi) is 8.07. The lowest BCUT2D eigenvalue weighted by Gasteiger charge is -2.09. The molecule has 0 fully saturated rings. The van der Waals surface area contributed by atoms with E-state index in [1.165, 1.54) is 12.2 Å². The van der Waals surface area contributed by atoms with E-state index in [2.05, 4.69) is 13.8 Å². The molecule has 12 heavy (non-hydrogen) atoms. The van der Waals surface area contributed by atoms with Crippen molar-refractivity contribution in [2.24, 2.45) is 11.7 Å². The average Bonchev–Trinajstić information content (AvgIpc) is 1.98. The molecule has 0 heterocycles. The molecule has 0 aromatic heterocycles. The lowest BCUT2D eigenvalue weighted by molar-refractivity contribution is 0.279. The predicted molar refractivity (Wildman–Crippen MR) is 56.5 cm³/mol. The maximum absolute atomic E-state index is 8.59. The van der Waals surface area contributed by atoms with Crippen LogP contribution in [0, 0.1) is 5.92 Å². The van der Waals surface area contributed by atoms with Gasteiger partial charge >= 0.3 is 0 Å². The van der Waals surface area contributed by atoms with E-state index in [4.69, 9.17) is 10.8 Å². The van der Waals surface area contributed by atoms with Crippen molar-refractivity contribution in [1.82, 2.24) is 0 Å². The molecular weight excluding hydrogens is 170 g/mol. The lowest BCUT2D eigenvalue weighted by atomic mass is 10.2. The van der Waals surface area contributed by atoms with Crippen molar-refractivity contribution < 1.29 is 5.11 Å². The molecular formula is C9H21NOS. The second-order valence-corrected chi connectivity index (χ2v) is 4.68. The maximum Gasteiger partial charge on any atom is 0.0446 e. The van der Waals surface area contributed by atoms with Gasteiger partial charge in [-0.15, -0.1) is 0 Å². The fourth-order valence-corrected chi connectivity index (χ4v) is 2.08. The van der Waals surface area contributed by atoms with Gasteiger partial charge in [-0.2, -0.15) is 11.8 Å². The molecule has 0 spiro atoms. The van der Waals surface area contributed by atoms with Crippen molar-refractivity contribution in [1.29, 1.82) is 0 Å². The number of thioether (sulfide) groups is 1. The first-order valence-corrected chi connectivity index (χ1v) is 5.76. The summed E-state index contributed by atoms with van der Waals surface area (Å²) in [5, 5.41) is 8.59. The molecule has 0 bridgehead atoms. The molecule has 0 aliphatic carbocycles. The van der Waals surface area contributed by atoms with Gasteiger partial charge in [-0.05, 0) is 24.5 Å². The van der Waals surface area contributed by atoms with E-state index in [0.717, 1.165) is 18.1 Å². The van der Waals surface area contributed by atoms with Crippen LogP contribution in [0.25, 0.3) is 0 Å². The first kappa shape index (κ1) is 12.3. The number of hydrogen-bond acceptors (Lipinski definition) is 3. The SMILES string of the molecule is CC(C)CCSCC(N)CCO. The van der Waals surface area contributed by atoms with E-state index in [9.17, 15) is 0 Å². The fraction of sp³-hybridized carbons (Fsp3) is 1.00. The molecule has 0 saturated heterocycles. The molecule has 0 aromatic rings. The molecule has 0 radical (unpaired) electrons. The summed E-state index contributed by atoms with van der Waals surface area (Å²) in [7, 11) is 0. The molecule has 0 aliphatic heterocycles. The number of hydrogen-bond donors (Lipinski definition) is 2. The Balaban J connectivity index is 3.08. The van der Waals surface area contributed by atoms with Crippen LogP contribution < -0.4 is 5.73 Å². The highest BCUT2D eigenvalue weighted by Gasteiger charge is 2.01. The summed E-state index contributed by atoms with van der Waals surface area (Å²) >= 11 is 1.89. The van der Waals surface area contributed by atoms with Crippen LogP contribution in [-0.2, 0) is 0 Å². The molecule has 1 atom stereocenters. The summed E-state index contributed by atoms with van der Waals surface area (Å²) in [4.78, 5) is 0. The first-order chi connectivity index (χ1) is 5.66. The zero-order valence-corrected chi connectivity index (χ0v) is 8.94. The Labute approximate surface area is 79.9 Å². The van der Waals surface area contributed by atoms with Crippen LogP contribution in [0.3, 0.4) is 0 Å². The third-order valence-electron chi connectivity index (χ3n) is 1.67. The molecule has 0 aliphatic rings. The minimum Gasteiger partial charge on any atom is -0.396 e. The zero-order chi connectivity index (χ0) is 9.40. The van der Waals surface area contributed by atoms with E-state index in [1.54, 1.807) is 0 Å². The standard InChI is InChI=1S/C9H21NOS/c1-8(2)4-6-12-7-9(10)3-5-11/h8-9,11H,3-7,10H2,1-2H3. The van der Waals surface area contributed by atoms with Gasteiger partial charge in [-0.25, -0.2) is 0 Å². The zero-order valence-electron chi connectivity index (χ0n) is 8.12. The van der Waals surface area contributed by atoms with E-state index in [1.807, 2.05) is 11.8 Å². The average molecular weight is 191 g/mol. The number of aliphatic hydroxyl groups excluding tert-OH is 1. The Morgan fingerprint density at radius 2 is 2.00 bits per heavy atom. The van der Waals surface area contributed by atoms with Gasteiger partial charge in [0.05, 0.1) is 0 Å². The summed E-state index contributed by atoms with van der Waals surface area (Å²) in [6, 6.07) is 0.173. The van der Waals surface area contributed by atoms with Gasteiger partial charge in [-0.3, -0.25) is 0 Å². The molecule has 0 aromatic carbocycles. The molecule has 3 heteroatoms. The van der Waals surface area contributed by atoms with E-state index in [-0.39, 0.29) is 12.6 Å². The highest BCUT2D eigenvalue weighted by atomic mass is 32.2. The Morgan fingerprint density at radius 3 is 2.50 bits per heavy atom. The van der Waals surface area contributed by atoms with E-state index in [0.29, 0.717) is 0 Å². The number of aliphatic hydroxyl groups is 1. The largest absolute Gasteiger partial charge is 0.396 e. The Morgan fingerprint density at radius 1 is 1.33 bits per heavy atom. The van der Waals surface area contributed by atoms with Gasteiger partial charge in [0.1, 0.15) is 0 Å². The summed E-state index contributed by atoms with van der Waals surface area (Å²) in [6.45, 7) is 4.67. The van der Waals surface area contributed by atoms with Gasteiger partial charge < -0.3 is 10.8 Å². The molecule has 2 nitrogen and oxygen atoms in total. The summed E-state index contributed by atoms with van der Waals surface area (Å²) in [5.74, 6) is 2.95. The van der Waals surface area contributed by atoms with Crippen molar-refractivity contribution in [3.8, 4) is 0 Å². The van der Waals surface area contributed by atoms with Crippen LogP contribution in [-0.4, -0.2) is 29.3 Å². The molecule has 3 N–H and O–H groups in total. The predicted octanol–water partition coefficient (Wildman–Crippen LogP) is 1.48. The fourth-order valence-electron chi connectivity index (χ4n) is 0.803. The second kappa shape index (κ2) is 7.90. The van der Waals surface area contributed by atoms with E-state index < -0.39 is 0 Å². The first-order valence-electron chi connectivity index (χ1n) is 4.61. The third kappa shape index (κ3) is 8.37. The van der Waals surface area contributed by atoms with Crippen molar-refractivity contribution in [3.05, 3.63) is 0 Å². The van der Waals surface area contributed by atoms with Gasteiger partial charge in [0.25, 0.3) is 0 Å². The monoisotopic (exact) mass is 191 g/mol. The Bertz CT molecular complexity index is 98.5. The summed E-state index contributed by atoms with van der Waals surface area (Å²) in [6.07, 6.45) is 1.99. The van der Waals surface area contributed by atoms with Crippen molar-refractivity contribution in [3.63, 3.8) is 0 Å². The normalized spacial score (nSPS) is 13.8. The lowest BCUT2D eigenvalue weighted by Crippen LogP contribution is -2.24. The number of nitrogens with two attached hydrogens (primary N) is 1. The highest BCUT2D eigenvalue weighted by Crippen LogP contribution is 2.09. The quantitative estimate of drug-likeness (QED) is 0.599. The number of rotatable bonds is 7. The van der Waals surface area contributed by atoms with Gasteiger partial charge in [-0.1, -0.05) is 13.8 Å². The highest BCUT2D eigenvalue weighted by molar-refractivity contribution is 7.99. The Hall–Kier alpha value is 0.270. The smallest absolute Gasteiger partial charge is 0.0446 e. The van der Waals surface area contributed by atoms with Crippen LogP contribution in [0.2, 0.25) is 0 Å². The molecule has 1 unspecified atom stereocenters. The second-order valence-electron chi connectivity index (χ2n) is 3.53. The van der Waals surface area contributed by atoms with Crippen LogP contribution >= 0.6 is 11.8 Å². The summed E-state index contributed by atoms with van der Waals surface area (Å²) in [5.41, 5.74) is 5.72. The van der Waals surface area contributed by atoms with E-state index >= 15 is 0 Å². The molecule has 0 amide bonds. The van der Waals surface area contributed by atoms with Crippen LogP contribution in [0.5, 0.6) is 0 Å². The third-order valence-corrected chi connectivity index (χ3v) is 2.86. The topological polar surface area (TPSA) is 46.2 Å². The van der Waals surface area contributed by atoms with Crippen LogP contribution in [0.1, 0.15) is 26.7 Å². The van der Waals surface area contributed by atoms with Gasteiger partial charge in [0, 0.05) is 18.4 Å². The van der Waals surface area contributed by atoms with Crippen molar-refractivity contribution >= 4 is 11.8 Å². The van der Waals surface area contributed by atoms with Crippen LogP contribution in [0.15, 0.2) is 0 Å².